The zero-order valence-corrected chi connectivity index (χ0v) is 12.5. The molecule has 0 aliphatic heterocycles. The number of halogens is 1. The van der Waals surface area contributed by atoms with E-state index in [1.807, 2.05) is 19.1 Å². The molecule has 1 aromatic carbocycles. The predicted molar refractivity (Wildman–Crippen MR) is 83.4 cm³/mol. The van der Waals surface area contributed by atoms with E-state index in [1.165, 1.54) is 9.13 Å². The molecule has 0 unspecified atom stereocenters. The van der Waals surface area contributed by atoms with Gasteiger partial charge < -0.3 is 10.6 Å². The molecule has 0 fully saturated rings. The second-order valence-corrected chi connectivity index (χ2v) is 5.05. The van der Waals surface area contributed by atoms with Crippen molar-refractivity contribution >= 4 is 40.0 Å². The second-order valence-electron chi connectivity index (χ2n) is 3.88. The van der Waals surface area contributed by atoms with Crippen molar-refractivity contribution < 1.29 is 0 Å². The smallest absolute Gasteiger partial charge is 0.224 e. The van der Waals surface area contributed by atoms with Gasteiger partial charge in [-0.25, -0.2) is 4.98 Å². The average Bonchev–Trinajstić information content (AvgIpc) is 2.35. The van der Waals surface area contributed by atoms with Crippen LogP contribution in [-0.2, 0) is 0 Å². The van der Waals surface area contributed by atoms with Crippen LogP contribution in [0.15, 0.2) is 30.5 Å². The highest BCUT2D eigenvalue weighted by Gasteiger charge is 2.01. The van der Waals surface area contributed by atoms with Crippen molar-refractivity contribution in [3.05, 3.63) is 39.6 Å². The van der Waals surface area contributed by atoms with Crippen LogP contribution in [0.25, 0.3) is 0 Å². The van der Waals surface area contributed by atoms with Crippen molar-refractivity contribution in [2.24, 2.45) is 0 Å². The van der Waals surface area contributed by atoms with E-state index in [2.05, 4.69) is 62.2 Å². The highest BCUT2D eigenvalue weighted by atomic mass is 127. The third kappa shape index (κ3) is 3.32. The third-order valence-electron chi connectivity index (χ3n) is 2.43. The van der Waals surface area contributed by atoms with Crippen LogP contribution in [0, 0.1) is 10.5 Å². The lowest BCUT2D eigenvalue weighted by atomic mass is 10.2. The molecule has 2 aromatic rings. The van der Waals surface area contributed by atoms with Crippen LogP contribution in [0.2, 0.25) is 0 Å². The van der Waals surface area contributed by atoms with E-state index in [4.69, 9.17) is 0 Å². The third-order valence-corrected chi connectivity index (χ3v) is 3.60. The Balaban J connectivity index is 2.17. The highest BCUT2D eigenvalue weighted by Crippen LogP contribution is 2.20. The number of hydrogen-bond donors (Lipinski definition) is 2. The number of anilines is 3. The maximum atomic E-state index is 4.37. The van der Waals surface area contributed by atoms with Gasteiger partial charge in [0.15, 0.2) is 0 Å². The van der Waals surface area contributed by atoms with Crippen molar-refractivity contribution in [1.29, 1.82) is 0 Å². The number of nitrogens with zero attached hydrogens (tertiary/aromatic N) is 2. The summed E-state index contributed by atoms with van der Waals surface area (Å²) in [6.45, 7) is 4.93. The van der Waals surface area contributed by atoms with Gasteiger partial charge in [0.25, 0.3) is 0 Å². The lowest BCUT2D eigenvalue weighted by Gasteiger charge is -2.08. The van der Waals surface area contributed by atoms with Crippen LogP contribution in [-0.4, -0.2) is 16.5 Å². The molecule has 0 atom stereocenters. The topological polar surface area (TPSA) is 49.8 Å². The molecule has 5 heteroatoms. The Labute approximate surface area is 120 Å². The van der Waals surface area contributed by atoms with Crippen LogP contribution in [0.4, 0.5) is 17.5 Å². The first-order valence-corrected chi connectivity index (χ1v) is 6.87. The van der Waals surface area contributed by atoms with Gasteiger partial charge in [-0.15, -0.1) is 0 Å². The Kier molecular flexibility index (Phi) is 4.35. The molecule has 4 nitrogen and oxygen atoms in total. The minimum atomic E-state index is 0.643. The standard InChI is InChI=1S/C13H15IN4/c1-3-15-13-16-7-6-12(18-13)17-10-5-4-9(2)11(14)8-10/h4-8H,3H2,1-2H3,(H2,15,16,17,18). The van der Waals surface area contributed by atoms with Crippen LogP contribution in [0.3, 0.4) is 0 Å². The summed E-state index contributed by atoms with van der Waals surface area (Å²) >= 11 is 2.33. The molecule has 2 N–H and O–H groups in total. The van der Waals surface area contributed by atoms with Crippen LogP contribution in [0.5, 0.6) is 0 Å². The van der Waals surface area contributed by atoms with Crippen molar-refractivity contribution in [3.8, 4) is 0 Å². The summed E-state index contributed by atoms with van der Waals surface area (Å²) < 4.78 is 1.23. The van der Waals surface area contributed by atoms with Crippen LogP contribution >= 0.6 is 22.6 Å². The molecule has 0 aliphatic carbocycles. The van der Waals surface area contributed by atoms with Crippen molar-refractivity contribution in [2.75, 3.05) is 17.2 Å². The van der Waals surface area contributed by atoms with E-state index in [-0.39, 0.29) is 0 Å². The molecule has 0 saturated carbocycles. The quantitative estimate of drug-likeness (QED) is 0.825. The summed E-state index contributed by atoms with van der Waals surface area (Å²) in [6, 6.07) is 8.10. The van der Waals surface area contributed by atoms with E-state index in [1.54, 1.807) is 6.20 Å². The Morgan fingerprint density at radius 3 is 2.83 bits per heavy atom. The summed E-state index contributed by atoms with van der Waals surface area (Å²) in [5.74, 6) is 1.44. The first kappa shape index (κ1) is 13.1. The monoisotopic (exact) mass is 354 g/mol. The molecule has 1 heterocycles. The van der Waals surface area contributed by atoms with Crippen molar-refractivity contribution in [3.63, 3.8) is 0 Å². The fraction of sp³-hybridized carbons (Fsp3) is 0.231. The van der Waals surface area contributed by atoms with Gasteiger partial charge in [-0.3, -0.25) is 0 Å². The van der Waals surface area contributed by atoms with E-state index in [0.29, 0.717) is 5.95 Å². The average molecular weight is 354 g/mol. The van der Waals surface area contributed by atoms with E-state index in [9.17, 15) is 0 Å². The molecule has 0 saturated heterocycles. The normalized spacial score (nSPS) is 10.2. The van der Waals surface area contributed by atoms with Gasteiger partial charge in [0.2, 0.25) is 5.95 Å². The number of rotatable bonds is 4. The van der Waals surface area contributed by atoms with Gasteiger partial charge in [0.05, 0.1) is 0 Å². The Morgan fingerprint density at radius 2 is 2.11 bits per heavy atom. The van der Waals surface area contributed by atoms with Gasteiger partial charge >= 0.3 is 0 Å². The van der Waals surface area contributed by atoms with Gasteiger partial charge in [-0.05, 0) is 60.2 Å². The summed E-state index contributed by atoms with van der Waals surface area (Å²) in [7, 11) is 0. The molecule has 1 aromatic heterocycles. The molecule has 94 valence electrons. The molecule has 0 spiro atoms. The lowest BCUT2D eigenvalue weighted by molar-refractivity contribution is 1.09. The Morgan fingerprint density at radius 1 is 1.28 bits per heavy atom. The molecule has 18 heavy (non-hydrogen) atoms. The summed E-state index contributed by atoms with van der Waals surface area (Å²) in [5, 5.41) is 6.37. The van der Waals surface area contributed by atoms with Gasteiger partial charge in [-0.2, -0.15) is 4.98 Å². The summed E-state index contributed by atoms with van der Waals surface area (Å²) in [4.78, 5) is 8.51. The second kappa shape index (κ2) is 5.99. The number of hydrogen-bond acceptors (Lipinski definition) is 4. The Bertz CT molecular complexity index is 542. The minimum Gasteiger partial charge on any atom is -0.354 e. The SMILES string of the molecule is CCNc1nccc(Nc2ccc(C)c(I)c2)n1. The number of aryl methyl sites for hydroxylation is 1. The first-order valence-electron chi connectivity index (χ1n) is 5.79. The maximum Gasteiger partial charge on any atom is 0.224 e. The van der Waals surface area contributed by atoms with Gasteiger partial charge in [0.1, 0.15) is 5.82 Å². The van der Waals surface area contributed by atoms with E-state index in [0.717, 1.165) is 18.1 Å². The fourth-order valence-corrected chi connectivity index (χ4v) is 2.01. The van der Waals surface area contributed by atoms with Crippen molar-refractivity contribution in [2.45, 2.75) is 13.8 Å². The number of aromatic nitrogens is 2. The fourth-order valence-electron chi connectivity index (χ4n) is 1.49. The first-order chi connectivity index (χ1) is 8.69. The highest BCUT2D eigenvalue weighted by molar-refractivity contribution is 14.1. The zero-order valence-electron chi connectivity index (χ0n) is 10.4. The minimum absolute atomic E-state index is 0.643. The molecular formula is C13H15IN4. The maximum absolute atomic E-state index is 4.37. The number of nitrogens with one attached hydrogen (secondary N) is 2. The van der Waals surface area contributed by atoms with E-state index >= 15 is 0 Å². The molecule has 0 amide bonds. The van der Waals surface area contributed by atoms with Crippen molar-refractivity contribution in [1.82, 2.24) is 9.97 Å². The molecule has 0 radical (unpaired) electrons. The predicted octanol–water partition coefficient (Wildman–Crippen LogP) is 3.57. The largest absolute Gasteiger partial charge is 0.354 e. The van der Waals surface area contributed by atoms with Crippen LogP contribution < -0.4 is 10.6 Å². The van der Waals surface area contributed by atoms with Gasteiger partial charge in [-0.1, -0.05) is 6.07 Å². The molecule has 2 rings (SSSR count). The summed E-state index contributed by atoms with van der Waals surface area (Å²) in [5.41, 5.74) is 2.31. The van der Waals surface area contributed by atoms with E-state index < -0.39 is 0 Å². The molecular weight excluding hydrogens is 339 g/mol. The molecule has 0 bridgehead atoms. The Hall–Kier alpha value is -1.37. The lowest BCUT2D eigenvalue weighted by Crippen LogP contribution is -2.03. The van der Waals surface area contributed by atoms with Crippen LogP contribution in [0.1, 0.15) is 12.5 Å². The number of benzene rings is 1. The van der Waals surface area contributed by atoms with Gasteiger partial charge in [0, 0.05) is 22.0 Å². The molecule has 0 aliphatic rings. The summed E-state index contributed by atoms with van der Waals surface area (Å²) in [6.07, 6.45) is 1.74. The zero-order chi connectivity index (χ0) is 13.0.